The summed E-state index contributed by atoms with van der Waals surface area (Å²) in [6.45, 7) is 3.06. The smallest absolute Gasteiger partial charge is 0.339 e. The summed E-state index contributed by atoms with van der Waals surface area (Å²) in [6, 6.07) is 0. The molecule has 0 spiro atoms. The molecule has 0 aromatic carbocycles. The number of hydrogen-bond donors (Lipinski definition) is 2. The molecule has 0 saturated heterocycles. The summed E-state index contributed by atoms with van der Waals surface area (Å²) in [5, 5.41) is 9.05. The van der Waals surface area contributed by atoms with Gasteiger partial charge in [-0.25, -0.2) is 14.8 Å². The van der Waals surface area contributed by atoms with Gasteiger partial charge in [0.2, 0.25) is 5.91 Å². The predicted octanol–water partition coefficient (Wildman–Crippen LogP) is 0.262. The van der Waals surface area contributed by atoms with Crippen LogP contribution in [0.15, 0.2) is 12.5 Å². The molecule has 0 fully saturated rings. The number of nitrogens with zero attached hydrogens (tertiary/aromatic N) is 3. The third-order valence-corrected chi connectivity index (χ3v) is 2.61. The Bertz CT molecular complexity index is 450. The highest BCUT2D eigenvalue weighted by molar-refractivity contribution is 5.88. The van der Waals surface area contributed by atoms with Crippen LogP contribution in [0, 0.1) is 0 Å². The van der Waals surface area contributed by atoms with Gasteiger partial charge in [-0.2, -0.15) is 0 Å². The molecule has 0 unspecified atom stereocenters. The molecule has 104 valence electrons. The highest BCUT2D eigenvalue weighted by atomic mass is 16.4. The predicted molar refractivity (Wildman–Crippen MR) is 68.4 cm³/mol. The Morgan fingerprint density at radius 3 is 2.79 bits per heavy atom. The largest absolute Gasteiger partial charge is 0.478 e. The minimum absolute atomic E-state index is 0.0495. The molecule has 0 aliphatic rings. The van der Waals surface area contributed by atoms with Crippen molar-refractivity contribution in [1.29, 1.82) is 0 Å². The Morgan fingerprint density at radius 2 is 2.21 bits per heavy atom. The normalized spacial score (nSPS) is 10.6. The van der Waals surface area contributed by atoms with Crippen LogP contribution in [-0.2, 0) is 11.3 Å². The highest BCUT2D eigenvalue weighted by Crippen LogP contribution is 2.08. The first-order chi connectivity index (χ1) is 9.04. The van der Waals surface area contributed by atoms with E-state index < -0.39 is 11.9 Å². The second-order valence-electron chi connectivity index (χ2n) is 4.22. The fourth-order valence-electron chi connectivity index (χ4n) is 1.69. The lowest BCUT2D eigenvalue weighted by atomic mass is 10.2. The van der Waals surface area contributed by atoms with Gasteiger partial charge >= 0.3 is 5.97 Å². The number of hydrogen-bond acceptors (Lipinski definition) is 5. The van der Waals surface area contributed by atoms with Crippen LogP contribution in [0.3, 0.4) is 0 Å². The molecule has 19 heavy (non-hydrogen) atoms. The summed E-state index contributed by atoms with van der Waals surface area (Å²) < 4.78 is 0. The first-order valence-corrected chi connectivity index (χ1v) is 6.07. The Kier molecular flexibility index (Phi) is 5.87. The van der Waals surface area contributed by atoms with Crippen LogP contribution in [0.1, 0.15) is 35.8 Å². The van der Waals surface area contributed by atoms with E-state index >= 15 is 0 Å². The number of unbranched alkanes of at least 4 members (excludes halogenated alkanes) is 1. The molecule has 1 rings (SSSR count). The number of carbonyl (C=O) groups excluding carboxylic acids is 1. The quantitative estimate of drug-likeness (QED) is 0.698. The highest BCUT2D eigenvalue weighted by Gasteiger charge is 2.16. The van der Waals surface area contributed by atoms with E-state index in [4.69, 9.17) is 10.8 Å². The number of amides is 1. The minimum atomic E-state index is -1.08. The van der Waals surface area contributed by atoms with E-state index in [0.29, 0.717) is 12.2 Å². The van der Waals surface area contributed by atoms with Gasteiger partial charge in [-0.15, -0.1) is 0 Å². The topological polar surface area (TPSA) is 109 Å². The average molecular weight is 266 g/mol. The average Bonchev–Trinajstić information content (AvgIpc) is 2.35. The van der Waals surface area contributed by atoms with Crippen molar-refractivity contribution in [3.05, 3.63) is 23.8 Å². The lowest BCUT2D eigenvalue weighted by Gasteiger charge is -2.20. The van der Waals surface area contributed by atoms with Crippen molar-refractivity contribution in [3.63, 3.8) is 0 Å². The summed E-state index contributed by atoms with van der Waals surface area (Å²) in [4.78, 5) is 31.5. The molecule has 3 N–H and O–H groups in total. The number of primary amides is 1. The SMILES string of the molecule is CCCCN(CC(N)=O)Cc1ncncc1C(=O)O. The summed E-state index contributed by atoms with van der Waals surface area (Å²) in [5.41, 5.74) is 5.63. The molecule has 0 saturated carbocycles. The van der Waals surface area contributed by atoms with Crippen molar-refractivity contribution in [3.8, 4) is 0 Å². The summed E-state index contributed by atoms with van der Waals surface area (Å²) in [7, 11) is 0. The van der Waals surface area contributed by atoms with Gasteiger partial charge in [-0.3, -0.25) is 9.69 Å². The van der Waals surface area contributed by atoms with Crippen molar-refractivity contribution in [2.24, 2.45) is 5.73 Å². The molecule has 0 atom stereocenters. The van der Waals surface area contributed by atoms with Gasteiger partial charge in [0, 0.05) is 12.7 Å². The van der Waals surface area contributed by atoms with Gasteiger partial charge in [0.15, 0.2) is 0 Å². The molecule has 0 aliphatic heterocycles. The van der Waals surface area contributed by atoms with Crippen molar-refractivity contribution in [1.82, 2.24) is 14.9 Å². The van der Waals surface area contributed by atoms with Gasteiger partial charge in [-0.1, -0.05) is 13.3 Å². The van der Waals surface area contributed by atoms with E-state index in [2.05, 4.69) is 9.97 Å². The molecule has 0 radical (unpaired) electrons. The second kappa shape index (κ2) is 7.42. The van der Waals surface area contributed by atoms with Crippen molar-refractivity contribution in [2.45, 2.75) is 26.3 Å². The van der Waals surface area contributed by atoms with Crippen LogP contribution in [0.5, 0.6) is 0 Å². The number of nitrogens with two attached hydrogens (primary N) is 1. The fourth-order valence-corrected chi connectivity index (χ4v) is 1.69. The molecule has 7 heteroatoms. The van der Waals surface area contributed by atoms with Gasteiger partial charge in [-0.05, 0) is 13.0 Å². The summed E-state index contributed by atoms with van der Waals surface area (Å²) in [5.74, 6) is -1.52. The summed E-state index contributed by atoms with van der Waals surface area (Å²) in [6.07, 6.45) is 4.43. The van der Waals surface area contributed by atoms with Crippen LogP contribution in [-0.4, -0.2) is 44.9 Å². The monoisotopic (exact) mass is 266 g/mol. The van der Waals surface area contributed by atoms with Crippen LogP contribution in [0.4, 0.5) is 0 Å². The second-order valence-corrected chi connectivity index (χ2v) is 4.22. The molecular formula is C12H18N4O3. The fraction of sp³-hybridized carbons (Fsp3) is 0.500. The number of carboxylic acid groups (broad SMARTS) is 1. The van der Waals surface area contributed by atoms with E-state index in [1.165, 1.54) is 12.5 Å². The van der Waals surface area contributed by atoms with Gasteiger partial charge in [0.1, 0.15) is 11.9 Å². The van der Waals surface area contributed by atoms with Crippen LogP contribution >= 0.6 is 0 Å². The van der Waals surface area contributed by atoms with E-state index in [9.17, 15) is 9.59 Å². The Morgan fingerprint density at radius 1 is 1.47 bits per heavy atom. The van der Waals surface area contributed by atoms with Gasteiger partial charge < -0.3 is 10.8 Å². The lowest BCUT2D eigenvalue weighted by Crippen LogP contribution is -2.34. The standard InChI is InChI=1S/C12H18N4O3/c1-2-3-4-16(7-11(13)17)6-10-9(12(18)19)5-14-8-15-10/h5,8H,2-4,6-7H2,1H3,(H2,13,17)(H,18,19). The molecule has 1 aromatic rings. The maximum absolute atomic E-state index is 11.0. The van der Waals surface area contributed by atoms with E-state index in [-0.39, 0.29) is 18.7 Å². The summed E-state index contributed by atoms with van der Waals surface area (Å²) >= 11 is 0. The number of aromatic nitrogens is 2. The van der Waals surface area contributed by atoms with E-state index in [1.54, 1.807) is 4.90 Å². The zero-order valence-electron chi connectivity index (χ0n) is 10.9. The molecular weight excluding hydrogens is 248 g/mol. The van der Waals surface area contributed by atoms with E-state index in [1.807, 2.05) is 6.92 Å². The van der Waals surface area contributed by atoms with Crippen molar-refractivity contribution < 1.29 is 14.7 Å². The van der Waals surface area contributed by atoms with Crippen LogP contribution < -0.4 is 5.73 Å². The Labute approximate surface area is 111 Å². The molecule has 0 bridgehead atoms. The number of carbonyl (C=O) groups is 2. The first-order valence-electron chi connectivity index (χ1n) is 6.07. The third kappa shape index (κ3) is 5.01. The van der Waals surface area contributed by atoms with Gasteiger partial charge in [0.05, 0.1) is 12.2 Å². The van der Waals surface area contributed by atoms with Gasteiger partial charge in [0.25, 0.3) is 0 Å². The molecule has 1 amide bonds. The molecule has 7 nitrogen and oxygen atoms in total. The number of carboxylic acids is 1. The van der Waals surface area contributed by atoms with E-state index in [0.717, 1.165) is 12.8 Å². The lowest BCUT2D eigenvalue weighted by molar-refractivity contribution is -0.119. The Hall–Kier alpha value is -2.02. The number of rotatable bonds is 8. The maximum Gasteiger partial charge on any atom is 0.339 e. The third-order valence-electron chi connectivity index (χ3n) is 2.61. The van der Waals surface area contributed by atoms with Crippen molar-refractivity contribution in [2.75, 3.05) is 13.1 Å². The molecule has 1 aromatic heterocycles. The van der Waals surface area contributed by atoms with Crippen LogP contribution in [0.2, 0.25) is 0 Å². The minimum Gasteiger partial charge on any atom is -0.478 e. The zero-order valence-corrected chi connectivity index (χ0v) is 10.9. The number of aromatic carboxylic acids is 1. The zero-order chi connectivity index (χ0) is 14.3. The molecule has 1 heterocycles. The van der Waals surface area contributed by atoms with Crippen LogP contribution in [0.25, 0.3) is 0 Å². The van der Waals surface area contributed by atoms with Crippen molar-refractivity contribution >= 4 is 11.9 Å². The maximum atomic E-state index is 11.0. The Balaban J connectivity index is 2.82. The first kappa shape index (κ1) is 15.0. The molecule has 0 aliphatic carbocycles.